The zero-order valence-electron chi connectivity index (χ0n) is 16.4. The van der Waals surface area contributed by atoms with Crippen molar-refractivity contribution < 1.29 is 14.4 Å². The number of amides is 2. The first-order valence-electron chi connectivity index (χ1n) is 9.33. The molecule has 0 rings (SSSR count). The third-order valence-electron chi connectivity index (χ3n) is 4.22. The first kappa shape index (κ1) is 23.1. The van der Waals surface area contributed by atoms with Gasteiger partial charge in [0.1, 0.15) is 0 Å². The molecule has 25 heavy (non-hydrogen) atoms. The molecule has 142 valence electrons. The van der Waals surface area contributed by atoms with Crippen molar-refractivity contribution in [2.24, 2.45) is 5.92 Å². The quantitative estimate of drug-likeness (QED) is 0.341. The van der Waals surface area contributed by atoms with Crippen LogP contribution in [0.2, 0.25) is 0 Å². The Kier molecular flexibility index (Phi) is 12.4. The predicted octanol–water partition coefficient (Wildman–Crippen LogP) is 3.31. The third-order valence-corrected chi connectivity index (χ3v) is 4.22. The number of carbonyl (C=O) groups excluding carboxylic acids is 3. The number of nitrogens with one attached hydrogen (secondary N) is 2. The standard InChI is InChI=1S/C20H34N2O3/c1-6-10-16(8-3)12-13-21-19(24)20(25)22-14-17(11-7-2)18(9-4)15(5)23/h9,11,16H,6-8,10,12-14H2,1-5H3,(H,21,24)(H,22,25)/b17-11-,18-9-. The van der Waals surface area contributed by atoms with Gasteiger partial charge in [-0.1, -0.05) is 52.2 Å². The molecule has 0 fully saturated rings. The molecule has 5 nitrogen and oxygen atoms in total. The molecule has 0 spiro atoms. The van der Waals surface area contributed by atoms with Gasteiger partial charge in [0.2, 0.25) is 0 Å². The maximum absolute atomic E-state index is 11.9. The summed E-state index contributed by atoms with van der Waals surface area (Å²) in [7, 11) is 0. The van der Waals surface area contributed by atoms with E-state index in [1.54, 1.807) is 13.0 Å². The number of carbonyl (C=O) groups is 3. The van der Waals surface area contributed by atoms with Crippen molar-refractivity contribution in [2.75, 3.05) is 13.1 Å². The molecule has 0 aromatic carbocycles. The number of allylic oxidation sites excluding steroid dienone is 2. The molecule has 2 N–H and O–H groups in total. The largest absolute Gasteiger partial charge is 0.348 e. The molecule has 0 saturated carbocycles. The number of ketones is 1. The van der Waals surface area contributed by atoms with Crippen LogP contribution < -0.4 is 10.6 Å². The monoisotopic (exact) mass is 350 g/mol. The van der Waals surface area contributed by atoms with Gasteiger partial charge in [0.25, 0.3) is 0 Å². The zero-order valence-corrected chi connectivity index (χ0v) is 16.4. The van der Waals surface area contributed by atoms with E-state index in [2.05, 4.69) is 24.5 Å². The van der Waals surface area contributed by atoms with Crippen LogP contribution >= 0.6 is 0 Å². The molecule has 0 aromatic heterocycles. The van der Waals surface area contributed by atoms with Crippen LogP contribution in [0, 0.1) is 5.92 Å². The lowest BCUT2D eigenvalue weighted by Gasteiger charge is -2.14. The summed E-state index contributed by atoms with van der Waals surface area (Å²) in [4.78, 5) is 35.5. The molecule has 0 aliphatic rings. The fraction of sp³-hybridized carbons (Fsp3) is 0.650. The maximum atomic E-state index is 11.9. The summed E-state index contributed by atoms with van der Waals surface area (Å²) in [5.41, 5.74) is 1.32. The molecule has 0 aliphatic carbocycles. The topological polar surface area (TPSA) is 75.3 Å². The summed E-state index contributed by atoms with van der Waals surface area (Å²) >= 11 is 0. The minimum atomic E-state index is -0.662. The average molecular weight is 351 g/mol. The Hall–Kier alpha value is -1.91. The van der Waals surface area contributed by atoms with Gasteiger partial charge < -0.3 is 10.6 Å². The van der Waals surface area contributed by atoms with E-state index in [-0.39, 0.29) is 12.3 Å². The Morgan fingerprint density at radius 3 is 2.12 bits per heavy atom. The minimum absolute atomic E-state index is 0.0533. The van der Waals surface area contributed by atoms with E-state index in [0.29, 0.717) is 18.0 Å². The van der Waals surface area contributed by atoms with E-state index in [1.165, 1.54) is 6.92 Å². The Morgan fingerprint density at radius 1 is 1.00 bits per heavy atom. The van der Waals surface area contributed by atoms with Gasteiger partial charge in [-0.3, -0.25) is 14.4 Å². The van der Waals surface area contributed by atoms with Crippen LogP contribution in [0.3, 0.4) is 0 Å². The van der Waals surface area contributed by atoms with E-state index >= 15 is 0 Å². The second kappa shape index (κ2) is 13.4. The smallest absolute Gasteiger partial charge is 0.309 e. The van der Waals surface area contributed by atoms with Crippen LogP contribution in [-0.2, 0) is 14.4 Å². The lowest BCUT2D eigenvalue weighted by atomic mass is 9.97. The molecule has 5 heteroatoms. The maximum Gasteiger partial charge on any atom is 0.309 e. The van der Waals surface area contributed by atoms with Crippen molar-refractivity contribution >= 4 is 17.6 Å². The second-order valence-electron chi connectivity index (χ2n) is 6.19. The molecular formula is C20H34N2O3. The summed E-state index contributed by atoms with van der Waals surface area (Å²) in [6.07, 6.45) is 8.61. The highest BCUT2D eigenvalue weighted by Gasteiger charge is 2.16. The van der Waals surface area contributed by atoms with E-state index in [0.717, 1.165) is 37.7 Å². The summed E-state index contributed by atoms with van der Waals surface area (Å²) in [6, 6.07) is 0. The number of Topliss-reactive ketones (excluding diaryl/α,β-unsaturated/α-hetero) is 1. The average Bonchev–Trinajstić information content (AvgIpc) is 2.58. The predicted molar refractivity (Wildman–Crippen MR) is 102 cm³/mol. The highest BCUT2D eigenvalue weighted by atomic mass is 16.2. The van der Waals surface area contributed by atoms with Gasteiger partial charge in [-0.15, -0.1) is 0 Å². The van der Waals surface area contributed by atoms with Gasteiger partial charge in [0.05, 0.1) is 0 Å². The third kappa shape index (κ3) is 9.22. The van der Waals surface area contributed by atoms with E-state index in [9.17, 15) is 14.4 Å². The SMILES string of the molecule is C/C=C(C(C)=O)\C(=C/CC)CNC(=O)C(=O)NCCC(CC)CCC. The molecular weight excluding hydrogens is 316 g/mol. The summed E-state index contributed by atoms with van der Waals surface area (Å²) in [5, 5.41) is 5.28. The Labute approximate surface area is 152 Å². The molecule has 0 aliphatic heterocycles. The van der Waals surface area contributed by atoms with Gasteiger partial charge >= 0.3 is 11.8 Å². The van der Waals surface area contributed by atoms with Crippen molar-refractivity contribution in [2.45, 2.75) is 66.7 Å². The first-order chi connectivity index (χ1) is 11.9. The first-order valence-corrected chi connectivity index (χ1v) is 9.33. The summed E-state index contributed by atoms with van der Waals surface area (Å²) in [5.74, 6) is -0.751. The molecule has 0 aromatic rings. The summed E-state index contributed by atoms with van der Waals surface area (Å²) in [6.45, 7) is 10.2. The molecule has 1 atom stereocenters. The van der Waals surface area contributed by atoms with E-state index in [4.69, 9.17) is 0 Å². The second-order valence-corrected chi connectivity index (χ2v) is 6.19. The fourth-order valence-corrected chi connectivity index (χ4v) is 2.83. The molecule has 0 radical (unpaired) electrons. The van der Waals surface area contributed by atoms with Crippen molar-refractivity contribution in [1.29, 1.82) is 0 Å². The van der Waals surface area contributed by atoms with Crippen LogP contribution in [-0.4, -0.2) is 30.7 Å². The van der Waals surface area contributed by atoms with Gasteiger partial charge in [-0.2, -0.15) is 0 Å². The van der Waals surface area contributed by atoms with Crippen LogP contribution in [0.15, 0.2) is 23.3 Å². The molecule has 0 bridgehead atoms. The van der Waals surface area contributed by atoms with Gasteiger partial charge in [0, 0.05) is 18.7 Å². The highest BCUT2D eigenvalue weighted by Crippen LogP contribution is 2.14. The molecule has 0 heterocycles. The Bertz CT molecular complexity index is 507. The van der Waals surface area contributed by atoms with E-state index in [1.807, 2.05) is 13.0 Å². The Balaban J connectivity index is 4.49. The molecule has 1 unspecified atom stereocenters. The van der Waals surface area contributed by atoms with Crippen molar-refractivity contribution in [3.63, 3.8) is 0 Å². The van der Waals surface area contributed by atoms with Crippen LogP contribution in [0.25, 0.3) is 0 Å². The molecule has 2 amide bonds. The van der Waals surface area contributed by atoms with Crippen molar-refractivity contribution in [3.8, 4) is 0 Å². The van der Waals surface area contributed by atoms with E-state index < -0.39 is 11.8 Å². The van der Waals surface area contributed by atoms with Gasteiger partial charge in [0.15, 0.2) is 5.78 Å². The van der Waals surface area contributed by atoms with Crippen molar-refractivity contribution in [1.82, 2.24) is 10.6 Å². The van der Waals surface area contributed by atoms with Crippen LogP contribution in [0.1, 0.15) is 66.7 Å². The summed E-state index contributed by atoms with van der Waals surface area (Å²) < 4.78 is 0. The number of hydrogen-bond acceptors (Lipinski definition) is 3. The van der Waals surface area contributed by atoms with Crippen LogP contribution in [0.4, 0.5) is 0 Å². The van der Waals surface area contributed by atoms with Gasteiger partial charge in [-0.05, 0) is 38.2 Å². The lowest BCUT2D eigenvalue weighted by molar-refractivity contribution is -0.139. The number of rotatable bonds is 11. The highest BCUT2D eigenvalue weighted by molar-refractivity contribution is 6.35. The van der Waals surface area contributed by atoms with Crippen LogP contribution in [0.5, 0.6) is 0 Å². The molecule has 0 saturated heterocycles. The lowest BCUT2D eigenvalue weighted by Crippen LogP contribution is -2.41. The zero-order chi connectivity index (χ0) is 19.2. The van der Waals surface area contributed by atoms with Gasteiger partial charge in [-0.25, -0.2) is 0 Å². The normalized spacial score (nSPS) is 13.3. The Morgan fingerprint density at radius 2 is 1.64 bits per heavy atom. The minimum Gasteiger partial charge on any atom is -0.348 e. The number of hydrogen-bond donors (Lipinski definition) is 2. The fourth-order valence-electron chi connectivity index (χ4n) is 2.83. The van der Waals surface area contributed by atoms with Crippen molar-refractivity contribution in [3.05, 3.63) is 23.3 Å².